The molecule has 32 heavy (non-hydrogen) atoms. The molecule has 0 bridgehead atoms. The van der Waals surface area contributed by atoms with E-state index in [0.29, 0.717) is 48.8 Å². The van der Waals surface area contributed by atoms with Gasteiger partial charge in [-0.15, -0.1) is 0 Å². The molecule has 170 valence electrons. The number of aryl methyl sites for hydroxylation is 1. The van der Waals surface area contributed by atoms with Gasteiger partial charge >= 0.3 is 0 Å². The van der Waals surface area contributed by atoms with Crippen molar-refractivity contribution in [1.82, 2.24) is 14.6 Å². The number of hydrogen-bond acceptors (Lipinski definition) is 6. The van der Waals surface area contributed by atoms with E-state index in [1.54, 1.807) is 20.0 Å². The third-order valence-corrected chi connectivity index (χ3v) is 6.03. The quantitative estimate of drug-likeness (QED) is 0.556. The highest BCUT2D eigenvalue weighted by Gasteiger charge is 2.22. The first-order valence-corrected chi connectivity index (χ1v) is 10.8. The van der Waals surface area contributed by atoms with Crippen LogP contribution in [0.2, 0.25) is 0 Å². The molecule has 11 heteroatoms. The first-order chi connectivity index (χ1) is 15.3. The van der Waals surface area contributed by atoms with E-state index in [0.717, 1.165) is 6.07 Å². The van der Waals surface area contributed by atoms with Crippen LogP contribution in [0.25, 0.3) is 10.9 Å². The van der Waals surface area contributed by atoms with Gasteiger partial charge < -0.3 is 15.1 Å². The fraction of sp³-hybridized carbons (Fsp3) is 0.381. The number of benzene rings is 1. The number of nitrogens with one attached hydrogen (secondary N) is 1. The first-order valence-electron chi connectivity index (χ1n) is 10.0. The van der Waals surface area contributed by atoms with Crippen molar-refractivity contribution in [3.8, 4) is 0 Å². The van der Waals surface area contributed by atoms with Crippen molar-refractivity contribution < 1.29 is 17.9 Å². The van der Waals surface area contributed by atoms with Crippen LogP contribution in [0.1, 0.15) is 36.3 Å². The Balaban J connectivity index is 1.79. The highest BCUT2D eigenvalue weighted by atomic mass is 79.9. The number of nitrogens with zero attached hydrogens (tertiary/aromatic N) is 4. The molecule has 1 unspecified atom stereocenters. The summed E-state index contributed by atoms with van der Waals surface area (Å²) in [6, 6.07) is 3.25. The van der Waals surface area contributed by atoms with Crippen molar-refractivity contribution in [2.24, 2.45) is 0 Å². The van der Waals surface area contributed by atoms with Crippen LogP contribution in [-0.2, 0) is 4.74 Å². The van der Waals surface area contributed by atoms with Crippen LogP contribution in [0, 0.1) is 12.7 Å². The average molecular weight is 512 g/mol. The van der Waals surface area contributed by atoms with Gasteiger partial charge in [-0.1, -0.05) is 18.2 Å². The Labute approximate surface area is 190 Å². The number of ether oxygens (including phenoxy) is 1. The minimum absolute atomic E-state index is 0.0905. The maximum absolute atomic E-state index is 14.7. The molecular formula is C21H21BrF3N5O2. The smallest absolute Gasteiger partial charge is 0.285 e. The van der Waals surface area contributed by atoms with Crippen molar-refractivity contribution >= 4 is 32.7 Å². The van der Waals surface area contributed by atoms with E-state index < -0.39 is 23.8 Å². The number of fused-ring (bicyclic) bond motifs is 1. The normalized spacial score (nSPS) is 15.4. The maximum Gasteiger partial charge on any atom is 0.285 e. The highest BCUT2D eigenvalue weighted by molar-refractivity contribution is 9.10. The summed E-state index contributed by atoms with van der Waals surface area (Å²) < 4.78 is 48.1. The molecule has 7 nitrogen and oxygen atoms in total. The van der Waals surface area contributed by atoms with E-state index in [2.05, 4.69) is 31.2 Å². The summed E-state index contributed by atoms with van der Waals surface area (Å²) in [6.07, 6.45) is -1.28. The first kappa shape index (κ1) is 22.5. The summed E-state index contributed by atoms with van der Waals surface area (Å²) in [4.78, 5) is 21.8. The van der Waals surface area contributed by atoms with Gasteiger partial charge in [-0.25, -0.2) is 27.8 Å². The minimum Gasteiger partial charge on any atom is -0.378 e. The lowest BCUT2D eigenvalue weighted by atomic mass is 10.0. The lowest BCUT2D eigenvalue weighted by molar-refractivity contribution is 0.110. The Kier molecular flexibility index (Phi) is 6.38. The second-order valence-electron chi connectivity index (χ2n) is 7.46. The summed E-state index contributed by atoms with van der Waals surface area (Å²) in [6.45, 7) is 5.39. The molecular weight excluding hydrogens is 491 g/mol. The molecule has 0 saturated carbocycles. The number of morpholine rings is 1. The maximum atomic E-state index is 14.7. The van der Waals surface area contributed by atoms with Crippen molar-refractivity contribution in [3.63, 3.8) is 0 Å². The second-order valence-corrected chi connectivity index (χ2v) is 8.25. The molecule has 4 rings (SSSR count). The van der Waals surface area contributed by atoms with Gasteiger partial charge in [-0.2, -0.15) is 0 Å². The van der Waals surface area contributed by atoms with Gasteiger partial charge in [-0.05, 0) is 29.8 Å². The van der Waals surface area contributed by atoms with Crippen molar-refractivity contribution in [2.75, 3.05) is 36.6 Å². The Morgan fingerprint density at radius 3 is 2.56 bits per heavy atom. The van der Waals surface area contributed by atoms with Crippen LogP contribution < -0.4 is 15.9 Å². The largest absolute Gasteiger partial charge is 0.378 e. The molecule has 2 aromatic heterocycles. The second kappa shape index (κ2) is 9.07. The van der Waals surface area contributed by atoms with E-state index in [1.807, 2.05) is 5.01 Å². The number of hydrogen-bond donors (Lipinski definition) is 1. The Morgan fingerprint density at radius 1 is 1.19 bits per heavy atom. The zero-order valence-corrected chi connectivity index (χ0v) is 19.0. The monoisotopic (exact) mass is 511 g/mol. The molecule has 3 heterocycles. The Bertz CT molecular complexity index is 1210. The molecule has 1 atom stereocenters. The topological polar surface area (TPSA) is 72.3 Å². The van der Waals surface area contributed by atoms with Crippen molar-refractivity contribution in [3.05, 3.63) is 62.0 Å². The fourth-order valence-corrected chi connectivity index (χ4v) is 4.18. The van der Waals surface area contributed by atoms with E-state index in [9.17, 15) is 18.0 Å². The lowest BCUT2D eigenvalue weighted by Gasteiger charge is -2.30. The Morgan fingerprint density at radius 2 is 1.88 bits per heavy atom. The van der Waals surface area contributed by atoms with E-state index in [4.69, 9.17) is 4.74 Å². The van der Waals surface area contributed by atoms with Crippen LogP contribution in [0.3, 0.4) is 0 Å². The molecule has 1 aliphatic rings. The van der Waals surface area contributed by atoms with Crippen LogP contribution in [-0.4, -0.2) is 40.9 Å². The molecule has 1 N–H and O–H groups in total. The van der Waals surface area contributed by atoms with Crippen molar-refractivity contribution in [2.45, 2.75) is 26.3 Å². The van der Waals surface area contributed by atoms with Gasteiger partial charge in [0.2, 0.25) is 0 Å². The average Bonchev–Trinajstić information content (AvgIpc) is 2.77. The molecule has 0 radical (unpaired) electrons. The predicted octanol–water partition coefficient (Wildman–Crippen LogP) is 4.08. The standard InChI is InChI=1S/C21H21BrF3N5O2/c1-11(13-4-3-5-14(17(13)23)19(24)25)26-20-15-10-30(29-6-8-32-9-7-29)21(31)16(22)18(15)27-12(2)28-20/h3-5,10-11,19H,6-9H2,1-2H3,(H,26,27,28). The summed E-state index contributed by atoms with van der Waals surface area (Å²) >= 11 is 3.36. The molecule has 1 saturated heterocycles. The van der Waals surface area contributed by atoms with Gasteiger partial charge in [0.05, 0.1) is 48.8 Å². The van der Waals surface area contributed by atoms with Crippen LogP contribution in [0.4, 0.5) is 19.0 Å². The number of rotatable bonds is 5. The minimum atomic E-state index is -2.91. The number of aromatic nitrogens is 3. The van der Waals surface area contributed by atoms with Crippen LogP contribution >= 0.6 is 15.9 Å². The zero-order valence-electron chi connectivity index (χ0n) is 17.4. The molecule has 1 aromatic carbocycles. The van der Waals surface area contributed by atoms with Gasteiger partial charge in [0.25, 0.3) is 12.0 Å². The van der Waals surface area contributed by atoms with E-state index in [1.165, 1.54) is 16.8 Å². The van der Waals surface area contributed by atoms with E-state index >= 15 is 0 Å². The van der Waals surface area contributed by atoms with Gasteiger partial charge in [0.1, 0.15) is 21.9 Å². The fourth-order valence-electron chi connectivity index (χ4n) is 3.70. The SMILES string of the molecule is Cc1nc(NC(C)c2cccc(C(F)F)c2F)c2cn(N3CCOCC3)c(=O)c(Br)c2n1. The van der Waals surface area contributed by atoms with Gasteiger partial charge in [-0.3, -0.25) is 4.79 Å². The number of halogens is 4. The third-order valence-electron chi connectivity index (χ3n) is 5.32. The summed E-state index contributed by atoms with van der Waals surface area (Å²) in [5.41, 5.74) is -0.424. The summed E-state index contributed by atoms with van der Waals surface area (Å²) in [7, 11) is 0. The molecule has 0 spiro atoms. The molecule has 0 amide bonds. The zero-order chi connectivity index (χ0) is 23.0. The predicted molar refractivity (Wildman–Crippen MR) is 118 cm³/mol. The summed E-state index contributed by atoms with van der Waals surface area (Å²) in [5, 5.41) is 5.50. The van der Waals surface area contributed by atoms with Crippen molar-refractivity contribution in [1.29, 1.82) is 0 Å². The number of anilines is 1. The number of pyridine rings is 1. The molecule has 0 aliphatic carbocycles. The molecule has 3 aromatic rings. The highest BCUT2D eigenvalue weighted by Crippen LogP contribution is 2.31. The molecule has 1 aliphatic heterocycles. The van der Waals surface area contributed by atoms with Gasteiger partial charge in [0, 0.05) is 11.8 Å². The van der Waals surface area contributed by atoms with Crippen LogP contribution in [0.15, 0.2) is 33.7 Å². The Hall–Kier alpha value is -2.66. The van der Waals surface area contributed by atoms with Crippen LogP contribution in [0.5, 0.6) is 0 Å². The lowest BCUT2D eigenvalue weighted by Crippen LogP contribution is -2.48. The van der Waals surface area contributed by atoms with E-state index in [-0.39, 0.29) is 15.6 Å². The number of alkyl halides is 2. The summed E-state index contributed by atoms with van der Waals surface area (Å²) in [5.74, 6) is -0.188. The third kappa shape index (κ3) is 4.18. The van der Waals surface area contributed by atoms with Gasteiger partial charge in [0.15, 0.2) is 0 Å². The molecule has 1 fully saturated rings.